The van der Waals surface area contributed by atoms with E-state index < -0.39 is 39.3 Å². The molecule has 1 aliphatic heterocycles. The number of halogens is 3. The van der Waals surface area contributed by atoms with Gasteiger partial charge in [0.25, 0.3) is 5.91 Å². The lowest BCUT2D eigenvalue weighted by Gasteiger charge is -2.31. The first-order chi connectivity index (χ1) is 14.1. The van der Waals surface area contributed by atoms with Crippen molar-refractivity contribution in [3.05, 3.63) is 59.7 Å². The predicted octanol–water partition coefficient (Wildman–Crippen LogP) is 3.30. The number of alkyl halides is 3. The van der Waals surface area contributed by atoms with Crippen LogP contribution in [0.15, 0.2) is 53.4 Å². The number of hydrogen-bond donors (Lipinski definition) is 1. The highest BCUT2D eigenvalue weighted by Crippen LogP contribution is 2.32. The van der Waals surface area contributed by atoms with Gasteiger partial charge >= 0.3 is 6.18 Å². The van der Waals surface area contributed by atoms with Crippen LogP contribution in [0, 0.1) is 0 Å². The summed E-state index contributed by atoms with van der Waals surface area (Å²) in [6, 6.07) is 10.2. The Morgan fingerprint density at radius 1 is 1.07 bits per heavy atom. The molecule has 0 unspecified atom stereocenters. The molecule has 30 heavy (non-hydrogen) atoms. The molecule has 0 saturated carbocycles. The van der Waals surface area contributed by atoms with Crippen molar-refractivity contribution < 1.29 is 31.1 Å². The Morgan fingerprint density at radius 2 is 1.67 bits per heavy atom. The van der Waals surface area contributed by atoms with Crippen LogP contribution in [0.4, 0.5) is 13.2 Å². The quantitative estimate of drug-likeness (QED) is 0.771. The molecule has 3 rings (SSSR count). The van der Waals surface area contributed by atoms with Crippen LogP contribution >= 0.6 is 0 Å². The number of sulfonamides is 1. The number of piperidine rings is 1. The zero-order valence-corrected chi connectivity index (χ0v) is 17.0. The van der Waals surface area contributed by atoms with Crippen molar-refractivity contribution in [2.45, 2.75) is 30.0 Å². The molecule has 2 aromatic rings. The molecule has 1 heterocycles. The average molecular weight is 442 g/mol. The largest absolute Gasteiger partial charge is 0.497 e. The lowest BCUT2D eigenvalue weighted by molar-refractivity contribution is -0.137. The molecule has 0 spiro atoms. The van der Waals surface area contributed by atoms with Gasteiger partial charge < -0.3 is 10.1 Å². The van der Waals surface area contributed by atoms with E-state index in [-0.39, 0.29) is 18.0 Å². The third-order valence-electron chi connectivity index (χ3n) is 4.96. The molecule has 162 valence electrons. The summed E-state index contributed by atoms with van der Waals surface area (Å²) in [7, 11) is -2.22. The lowest BCUT2D eigenvalue weighted by Crippen LogP contribution is -2.46. The van der Waals surface area contributed by atoms with Gasteiger partial charge in [0.2, 0.25) is 10.0 Å². The van der Waals surface area contributed by atoms with E-state index in [4.69, 9.17) is 4.74 Å². The van der Waals surface area contributed by atoms with Gasteiger partial charge in [-0.05, 0) is 49.2 Å². The number of ether oxygens (including phenoxy) is 1. The number of benzene rings is 2. The molecular weight excluding hydrogens is 421 g/mol. The highest BCUT2D eigenvalue weighted by atomic mass is 32.2. The van der Waals surface area contributed by atoms with E-state index in [0.29, 0.717) is 18.6 Å². The van der Waals surface area contributed by atoms with Crippen molar-refractivity contribution in [2.75, 3.05) is 20.2 Å². The third-order valence-corrected chi connectivity index (χ3v) is 6.88. The summed E-state index contributed by atoms with van der Waals surface area (Å²) < 4.78 is 71.2. The molecule has 2 aromatic carbocycles. The number of carbonyl (C=O) groups is 1. The predicted molar refractivity (Wildman–Crippen MR) is 104 cm³/mol. The number of hydrogen-bond acceptors (Lipinski definition) is 4. The SMILES string of the molecule is COc1ccc(S(=O)(=O)N2CCC(NC(=O)c3ccccc3C(F)(F)F)CC2)cc1. The fourth-order valence-corrected chi connectivity index (χ4v) is 4.80. The van der Waals surface area contributed by atoms with E-state index in [9.17, 15) is 26.4 Å². The van der Waals surface area contributed by atoms with Crippen molar-refractivity contribution >= 4 is 15.9 Å². The Labute approximate surface area is 172 Å². The van der Waals surface area contributed by atoms with E-state index in [2.05, 4.69) is 5.32 Å². The zero-order chi connectivity index (χ0) is 21.9. The maximum absolute atomic E-state index is 13.1. The molecular formula is C20H21F3N2O4S. The highest BCUT2D eigenvalue weighted by Gasteiger charge is 2.36. The molecule has 6 nitrogen and oxygen atoms in total. The Bertz CT molecular complexity index is 999. The summed E-state index contributed by atoms with van der Waals surface area (Å²) in [4.78, 5) is 12.5. The number of nitrogens with one attached hydrogen (secondary N) is 1. The van der Waals surface area contributed by atoms with E-state index in [1.807, 2.05) is 0 Å². The van der Waals surface area contributed by atoms with Gasteiger partial charge in [-0.2, -0.15) is 17.5 Å². The van der Waals surface area contributed by atoms with Gasteiger partial charge in [0, 0.05) is 19.1 Å². The Kier molecular flexibility index (Phi) is 6.37. The molecule has 1 fully saturated rings. The number of rotatable bonds is 5. The summed E-state index contributed by atoms with van der Waals surface area (Å²) in [5, 5.41) is 2.60. The van der Waals surface area contributed by atoms with E-state index in [0.717, 1.165) is 12.1 Å². The van der Waals surface area contributed by atoms with Gasteiger partial charge in [0.05, 0.1) is 23.1 Å². The fourth-order valence-electron chi connectivity index (χ4n) is 3.33. The van der Waals surface area contributed by atoms with Crippen molar-refractivity contribution in [3.63, 3.8) is 0 Å². The number of methoxy groups -OCH3 is 1. The molecule has 0 aliphatic carbocycles. The van der Waals surface area contributed by atoms with Crippen LogP contribution in [0.2, 0.25) is 0 Å². The fraction of sp³-hybridized carbons (Fsp3) is 0.350. The molecule has 0 atom stereocenters. The monoisotopic (exact) mass is 442 g/mol. The summed E-state index contributed by atoms with van der Waals surface area (Å²) >= 11 is 0. The van der Waals surface area contributed by atoms with E-state index in [1.54, 1.807) is 12.1 Å². The molecule has 10 heteroatoms. The standard InChI is InChI=1S/C20H21F3N2O4S/c1-29-15-6-8-16(9-7-15)30(27,28)25-12-10-14(11-13-25)24-19(26)17-4-2-3-5-18(17)20(21,22)23/h2-9,14H,10-13H2,1H3,(H,24,26). The van der Waals surface area contributed by atoms with Crippen molar-refractivity contribution in [1.29, 1.82) is 0 Å². The molecule has 0 radical (unpaired) electrons. The molecule has 0 aromatic heterocycles. The highest BCUT2D eigenvalue weighted by molar-refractivity contribution is 7.89. The van der Waals surface area contributed by atoms with E-state index in [1.165, 1.54) is 35.7 Å². The second kappa shape index (κ2) is 8.65. The second-order valence-electron chi connectivity index (χ2n) is 6.87. The van der Waals surface area contributed by atoms with Gasteiger partial charge in [0.15, 0.2) is 0 Å². The molecule has 1 aliphatic rings. The maximum atomic E-state index is 13.1. The Balaban J connectivity index is 1.64. The number of carbonyl (C=O) groups excluding carboxylic acids is 1. The topological polar surface area (TPSA) is 75.7 Å². The normalized spacial score (nSPS) is 16.3. The summed E-state index contributed by atoms with van der Waals surface area (Å²) in [6.07, 6.45) is -4.03. The van der Waals surface area contributed by atoms with Gasteiger partial charge in [-0.1, -0.05) is 12.1 Å². The van der Waals surface area contributed by atoms with Gasteiger partial charge in [0.1, 0.15) is 5.75 Å². The first-order valence-corrected chi connectivity index (χ1v) is 10.7. The second-order valence-corrected chi connectivity index (χ2v) is 8.81. The molecule has 1 N–H and O–H groups in total. The van der Waals surface area contributed by atoms with Gasteiger partial charge in [-0.3, -0.25) is 4.79 Å². The van der Waals surface area contributed by atoms with Crippen LogP contribution in [-0.2, 0) is 16.2 Å². The van der Waals surface area contributed by atoms with E-state index >= 15 is 0 Å². The van der Waals surface area contributed by atoms with Crippen LogP contribution in [0.5, 0.6) is 5.75 Å². The molecule has 1 amide bonds. The van der Waals surface area contributed by atoms with Crippen molar-refractivity contribution in [2.24, 2.45) is 0 Å². The smallest absolute Gasteiger partial charge is 0.417 e. The average Bonchev–Trinajstić information content (AvgIpc) is 2.73. The first kappa shape index (κ1) is 22.1. The minimum atomic E-state index is -4.64. The van der Waals surface area contributed by atoms with Crippen LogP contribution in [-0.4, -0.2) is 44.9 Å². The minimum absolute atomic E-state index is 0.130. The number of nitrogens with zero attached hydrogens (tertiary/aromatic N) is 1. The summed E-state index contributed by atoms with van der Waals surface area (Å²) in [6.45, 7) is 0.306. The minimum Gasteiger partial charge on any atom is -0.497 e. The van der Waals surface area contributed by atoms with Gasteiger partial charge in [-0.25, -0.2) is 8.42 Å². The number of amides is 1. The lowest BCUT2D eigenvalue weighted by atomic mass is 10.0. The molecule has 1 saturated heterocycles. The van der Waals surface area contributed by atoms with Crippen LogP contribution in [0.25, 0.3) is 0 Å². The summed E-state index contributed by atoms with van der Waals surface area (Å²) in [5.74, 6) is -0.283. The first-order valence-electron chi connectivity index (χ1n) is 9.24. The maximum Gasteiger partial charge on any atom is 0.417 e. The third kappa shape index (κ3) is 4.76. The van der Waals surface area contributed by atoms with Crippen LogP contribution in [0.1, 0.15) is 28.8 Å². The zero-order valence-electron chi connectivity index (χ0n) is 16.1. The Morgan fingerprint density at radius 3 is 2.23 bits per heavy atom. The summed E-state index contributed by atoms with van der Waals surface area (Å²) in [5.41, 5.74) is -1.44. The van der Waals surface area contributed by atoms with Crippen molar-refractivity contribution in [3.8, 4) is 5.75 Å². The molecule has 0 bridgehead atoms. The van der Waals surface area contributed by atoms with Crippen molar-refractivity contribution in [1.82, 2.24) is 9.62 Å². The Hall–Kier alpha value is -2.59. The van der Waals surface area contributed by atoms with Crippen LogP contribution < -0.4 is 10.1 Å². The van der Waals surface area contributed by atoms with Gasteiger partial charge in [-0.15, -0.1) is 0 Å². The van der Waals surface area contributed by atoms with Crippen LogP contribution in [0.3, 0.4) is 0 Å².